The van der Waals surface area contributed by atoms with Crippen LogP contribution in [0, 0.1) is 0 Å². The second-order valence-corrected chi connectivity index (χ2v) is 11.9. The summed E-state index contributed by atoms with van der Waals surface area (Å²) in [6.07, 6.45) is 1.08. The molecule has 0 spiro atoms. The van der Waals surface area contributed by atoms with Crippen molar-refractivity contribution in [2.75, 3.05) is 34.5 Å². The van der Waals surface area contributed by atoms with E-state index in [4.69, 9.17) is 9.47 Å². The van der Waals surface area contributed by atoms with Gasteiger partial charge >= 0.3 is 0 Å². The van der Waals surface area contributed by atoms with Crippen LogP contribution in [0.2, 0.25) is 0 Å². The van der Waals surface area contributed by atoms with Crippen LogP contribution in [0.5, 0.6) is 17.2 Å². The molecule has 14 heteroatoms. The maximum atomic E-state index is 13.1. The fourth-order valence-electron chi connectivity index (χ4n) is 5.23. The minimum Gasteiger partial charge on any atom is -0.508 e. The molecule has 0 saturated heterocycles. The molecule has 0 radical (unpaired) electrons. The number of fused-ring (bicyclic) bond motifs is 2. The number of ketones is 1. The quantitative estimate of drug-likeness (QED) is 0.130. The van der Waals surface area contributed by atoms with Crippen LogP contribution in [-0.2, 0) is 9.59 Å². The van der Waals surface area contributed by atoms with Gasteiger partial charge in [-0.2, -0.15) is 0 Å². The van der Waals surface area contributed by atoms with Crippen molar-refractivity contribution < 1.29 is 38.6 Å². The molecule has 3 aliphatic rings. The van der Waals surface area contributed by atoms with Crippen LogP contribution < -0.4 is 30.7 Å². The van der Waals surface area contributed by atoms with Crippen LogP contribution in [0.15, 0.2) is 103 Å². The van der Waals surface area contributed by atoms with E-state index in [-0.39, 0.29) is 83.8 Å². The molecule has 2 aromatic heterocycles. The van der Waals surface area contributed by atoms with Crippen LogP contribution in [0.4, 0.5) is 23.3 Å². The molecule has 0 unspecified atom stereocenters. The van der Waals surface area contributed by atoms with E-state index in [1.807, 2.05) is 0 Å². The molecule has 53 heavy (non-hydrogen) atoms. The molecule has 10 bridgehead atoms. The first-order valence-corrected chi connectivity index (χ1v) is 16.7. The highest BCUT2D eigenvalue weighted by Crippen LogP contribution is 2.21. The molecule has 0 fully saturated rings. The van der Waals surface area contributed by atoms with Crippen molar-refractivity contribution in [1.29, 1.82) is 0 Å². The Balaban J connectivity index is 1.17. The molecule has 5 aromatic rings. The third-order valence-corrected chi connectivity index (χ3v) is 7.83. The fraction of sp³-hybridized carbons (Fsp3) is 0.154. The van der Waals surface area contributed by atoms with Crippen molar-refractivity contribution >= 4 is 52.7 Å². The van der Waals surface area contributed by atoms with Gasteiger partial charge in [0.15, 0.2) is 5.78 Å². The van der Waals surface area contributed by atoms with Crippen LogP contribution >= 0.6 is 0 Å². The van der Waals surface area contributed by atoms with Crippen molar-refractivity contribution in [3.05, 3.63) is 125 Å². The molecule has 8 rings (SSSR count). The summed E-state index contributed by atoms with van der Waals surface area (Å²) in [5, 5.41) is 20.9. The summed E-state index contributed by atoms with van der Waals surface area (Å²) < 4.78 is 11.5. The van der Waals surface area contributed by atoms with Crippen molar-refractivity contribution in [1.82, 2.24) is 9.97 Å². The second-order valence-electron chi connectivity index (χ2n) is 11.9. The lowest BCUT2D eigenvalue weighted by atomic mass is 10.0. The summed E-state index contributed by atoms with van der Waals surface area (Å²) in [6, 6.07) is 26.5. The number of rotatable bonds is 0. The number of nitrogens with one attached hydrogen (secondary N) is 4. The molecule has 4 amide bonds. The molecule has 5 N–H and O–H groups in total. The summed E-state index contributed by atoms with van der Waals surface area (Å²) in [4.78, 5) is 73.0. The van der Waals surface area contributed by atoms with Crippen molar-refractivity contribution in [2.24, 2.45) is 0 Å². The average molecular weight is 715 g/mol. The number of pyridine rings is 2. The number of benzene rings is 3. The van der Waals surface area contributed by atoms with Gasteiger partial charge in [-0.3, -0.25) is 24.0 Å². The first kappa shape index (κ1) is 35.7. The highest BCUT2D eigenvalue weighted by molar-refractivity contribution is 6.10. The van der Waals surface area contributed by atoms with Gasteiger partial charge in [-0.15, -0.1) is 0 Å². The minimum absolute atomic E-state index is 0.0280. The number of nitrogens with zero attached hydrogens (tertiary/aromatic N) is 2. The largest absolute Gasteiger partial charge is 0.508 e. The normalized spacial score (nSPS) is 14.8. The monoisotopic (exact) mass is 714 g/mol. The Morgan fingerprint density at radius 2 is 0.887 bits per heavy atom. The van der Waals surface area contributed by atoms with Gasteiger partial charge in [0, 0.05) is 35.1 Å². The van der Waals surface area contributed by atoms with E-state index in [1.165, 1.54) is 30.3 Å². The lowest BCUT2D eigenvalue weighted by Gasteiger charge is -2.11. The van der Waals surface area contributed by atoms with Gasteiger partial charge < -0.3 is 35.8 Å². The number of phenolic OH excluding ortho intramolecular Hbond substituents is 1. The predicted octanol–water partition coefficient (Wildman–Crippen LogP) is 5.83. The number of carbonyl (C=O) groups excluding carboxylic acids is 5. The van der Waals surface area contributed by atoms with Crippen molar-refractivity contribution in [3.63, 3.8) is 0 Å². The van der Waals surface area contributed by atoms with E-state index < -0.39 is 11.8 Å². The number of amides is 4. The summed E-state index contributed by atoms with van der Waals surface area (Å²) in [5.74, 6) is -0.707. The number of anilines is 4. The van der Waals surface area contributed by atoms with Crippen LogP contribution in [0.25, 0.3) is 0 Å². The Morgan fingerprint density at radius 1 is 0.491 bits per heavy atom. The summed E-state index contributed by atoms with van der Waals surface area (Å²) >= 11 is 0. The number of hydrogen-bond donors (Lipinski definition) is 5. The predicted molar refractivity (Wildman–Crippen MR) is 196 cm³/mol. The smallest absolute Gasteiger partial charge is 0.256 e. The zero-order valence-electron chi connectivity index (χ0n) is 28.3. The molecule has 0 atom stereocenters. The van der Waals surface area contributed by atoms with E-state index in [0.29, 0.717) is 35.5 Å². The number of aromatic hydroxyl groups is 1. The van der Waals surface area contributed by atoms with Gasteiger partial charge in [0.05, 0.1) is 13.2 Å². The highest BCUT2D eigenvalue weighted by Gasteiger charge is 2.16. The zero-order valence-corrected chi connectivity index (χ0v) is 28.3. The molecule has 3 aromatic carbocycles. The zero-order chi connectivity index (χ0) is 37.2. The van der Waals surface area contributed by atoms with Gasteiger partial charge in [-0.05, 0) is 104 Å². The standard InChI is InChI=1S/C39H34N6O8/c46-28-22-26-21-27(23-28)39(51)45-34-8-2-6-32(41-34)43-36(48)10-4-20-53-30-17-13-25(14-18-30)37(49)24-11-15-29(16-12-24)52-19-3-9-35(47)42-31-5-1-7-33(40-31)44-38(26)50/h1-2,5-8,11-18,21-23,46H,3-4,9-10,19-20H2,(H2,40,42,44,47,50)(H2,41,43,45,48,51). The van der Waals surface area contributed by atoms with E-state index in [1.54, 1.807) is 72.8 Å². The Hall–Kier alpha value is -7.09. The SMILES string of the molecule is O=C1CCCOc2ccc(cc2)C(=O)c2ccc(cc2)OCCCC(=O)Nc2cccc(n2)NC(=O)c2cc(O)cc(c2)C(=O)Nc2cccc(n2)N1. The fourth-order valence-corrected chi connectivity index (χ4v) is 5.23. The van der Waals surface area contributed by atoms with E-state index in [0.717, 1.165) is 0 Å². The van der Waals surface area contributed by atoms with Crippen molar-refractivity contribution in [3.8, 4) is 17.2 Å². The maximum Gasteiger partial charge on any atom is 0.256 e. The highest BCUT2D eigenvalue weighted by atomic mass is 16.5. The van der Waals surface area contributed by atoms with E-state index >= 15 is 0 Å². The van der Waals surface area contributed by atoms with Crippen LogP contribution in [-0.4, -0.2) is 57.7 Å². The molecule has 3 aliphatic heterocycles. The molecule has 268 valence electrons. The third kappa shape index (κ3) is 10.0. The molecular weight excluding hydrogens is 680 g/mol. The van der Waals surface area contributed by atoms with Crippen LogP contribution in [0.3, 0.4) is 0 Å². The van der Waals surface area contributed by atoms with Gasteiger partial charge in [0.1, 0.15) is 40.5 Å². The van der Waals surface area contributed by atoms with Gasteiger partial charge in [-0.1, -0.05) is 12.1 Å². The first-order chi connectivity index (χ1) is 25.7. The van der Waals surface area contributed by atoms with Crippen LogP contribution in [0.1, 0.15) is 62.3 Å². The van der Waals surface area contributed by atoms with Gasteiger partial charge in [0.25, 0.3) is 11.8 Å². The second kappa shape index (κ2) is 16.7. The summed E-state index contributed by atoms with van der Waals surface area (Å²) in [7, 11) is 0. The molecule has 0 aliphatic carbocycles. The van der Waals surface area contributed by atoms with Gasteiger partial charge in [-0.25, -0.2) is 9.97 Å². The molecule has 5 heterocycles. The maximum absolute atomic E-state index is 13.1. The minimum atomic E-state index is -0.663. The lowest BCUT2D eigenvalue weighted by molar-refractivity contribution is -0.117. The number of carbonyl (C=O) groups is 5. The van der Waals surface area contributed by atoms with Crippen molar-refractivity contribution in [2.45, 2.75) is 25.7 Å². The molecule has 0 saturated carbocycles. The first-order valence-electron chi connectivity index (χ1n) is 16.7. The Bertz CT molecular complexity index is 2010. The lowest BCUT2D eigenvalue weighted by Crippen LogP contribution is -2.18. The number of hydrogen-bond acceptors (Lipinski definition) is 10. The average Bonchev–Trinajstić information content (AvgIpc) is 3.15. The summed E-state index contributed by atoms with van der Waals surface area (Å²) in [6.45, 7) is 0.506. The number of phenols is 1. The third-order valence-electron chi connectivity index (χ3n) is 7.83. The van der Waals surface area contributed by atoms with E-state index in [2.05, 4.69) is 31.2 Å². The Kier molecular flexibility index (Phi) is 11.3. The topological polar surface area (TPSA) is 198 Å². The summed E-state index contributed by atoms with van der Waals surface area (Å²) in [5.41, 5.74) is 0.904. The Labute approximate surface area is 303 Å². The molecular formula is C39H34N6O8. The number of ether oxygens (including phenoxy) is 2. The Morgan fingerprint density at radius 3 is 1.30 bits per heavy atom. The van der Waals surface area contributed by atoms with E-state index in [9.17, 15) is 29.1 Å². The molecule has 14 nitrogen and oxygen atoms in total. The number of aromatic nitrogens is 2. The van der Waals surface area contributed by atoms with Gasteiger partial charge in [0.2, 0.25) is 11.8 Å².